The Bertz CT molecular complexity index is 550. The number of aromatic nitrogens is 1. The van der Waals surface area contributed by atoms with Gasteiger partial charge in [0.05, 0.1) is 31.6 Å². The maximum atomic E-state index is 5.42. The van der Waals surface area contributed by atoms with E-state index in [1.165, 1.54) is 5.56 Å². The van der Waals surface area contributed by atoms with Crippen LogP contribution in [0.2, 0.25) is 0 Å². The van der Waals surface area contributed by atoms with E-state index in [0.29, 0.717) is 13.2 Å². The lowest BCUT2D eigenvalue weighted by Gasteiger charge is -2.42. The lowest BCUT2D eigenvalue weighted by Crippen LogP contribution is -2.57. The van der Waals surface area contributed by atoms with Gasteiger partial charge >= 0.3 is 0 Å². The molecule has 20 heavy (non-hydrogen) atoms. The van der Waals surface area contributed by atoms with E-state index in [0.717, 1.165) is 18.0 Å². The highest BCUT2D eigenvalue weighted by atomic mass is 16.5. The van der Waals surface area contributed by atoms with Crippen LogP contribution in [0.1, 0.15) is 11.3 Å². The molecule has 2 aromatic rings. The smallest absolute Gasteiger partial charge is 0.118 e. The third kappa shape index (κ3) is 2.53. The summed E-state index contributed by atoms with van der Waals surface area (Å²) in [4.78, 5) is 4.34. The zero-order chi connectivity index (χ0) is 13.8. The summed E-state index contributed by atoms with van der Waals surface area (Å²) in [6.07, 6.45) is 1.81. The van der Waals surface area contributed by atoms with Crippen molar-refractivity contribution in [3.05, 3.63) is 59.9 Å². The molecule has 0 bridgehead atoms. The molecule has 1 aliphatic heterocycles. The van der Waals surface area contributed by atoms with Crippen LogP contribution in [0.4, 0.5) is 0 Å². The van der Waals surface area contributed by atoms with Gasteiger partial charge in [0.2, 0.25) is 0 Å². The predicted molar refractivity (Wildman–Crippen MR) is 76.6 cm³/mol. The summed E-state index contributed by atoms with van der Waals surface area (Å²) in [5, 5.41) is 3.57. The Hall–Kier alpha value is -1.91. The molecule has 104 valence electrons. The van der Waals surface area contributed by atoms with Crippen LogP contribution in [0.3, 0.4) is 0 Å². The topological polar surface area (TPSA) is 43.4 Å². The van der Waals surface area contributed by atoms with Gasteiger partial charge in [0, 0.05) is 12.7 Å². The zero-order valence-electron chi connectivity index (χ0n) is 11.5. The van der Waals surface area contributed by atoms with Crippen molar-refractivity contribution >= 4 is 0 Å². The average Bonchev–Trinajstić information content (AvgIpc) is 2.48. The average molecular weight is 270 g/mol. The van der Waals surface area contributed by atoms with Crippen LogP contribution in [0.15, 0.2) is 48.7 Å². The van der Waals surface area contributed by atoms with Crippen LogP contribution >= 0.6 is 0 Å². The van der Waals surface area contributed by atoms with Gasteiger partial charge in [-0.3, -0.25) is 10.3 Å². The van der Waals surface area contributed by atoms with Crippen molar-refractivity contribution in [2.75, 3.05) is 20.3 Å². The van der Waals surface area contributed by atoms with E-state index in [4.69, 9.17) is 9.47 Å². The fourth-order valence-electron chi connectivity index (χ4n) is 2.35. The summed E-state index contributed by atoms with van der Waals surface area (Å²) in [6.45, 7) is 2.11. The highest BCUT2D eigenvalue weighted by Gasteiger charge is 2.39. The first kappa shape index (κ1) is 13.1. The minimum atomic E-state index is -0.107. The van der Waals surface area contributed by atoms with Crippen LogP contribution in [0.25, 0.3) is 0 Å². The molecule has 3 rings (SSSR count). The van der Waals surface area contributed by atoms with Crippen molar-refractivity contribution in [2.45, 2.75) is 12.1 Å². The highest BCUT2D eigenvalue weighted by molar-refractivity contribution is 5.33. The van der Waals surface area contributed by atoms with Gasteiger partial charge in [-0.15, -0.1) is 0 Å². The fourth-order valence-corrected chi connectivity index (χ4v) is 2.35. The van der Waals surface area contributed by atoms with Gasteiger partial charge in [-0.1, -0.05) is 18.2 Å². The van der Waals surface area contributed by atoms with Crippen LogP contribution in [-0.2, 0) is 16.8 Å². The van der Waals surface area contributed by atoms with Crippen LogP contribution < -0.4 is 10.1 Å². The second-order valence-corrected chi connectivity index (χ2v) is 4.98. The van der Waals surface area contributed by atoms with Crippen LogP contribution in [0, 0.1) is 0 Å². The van der Waals surface area contributed by atoms with Gasteiger partial charge in [-0.05, 0) is 29.8 Å². The van der Waals surface area contributed by atoms with Gasteiger partial charge < -0.3 is 9.47 Å². The molecule has 1 fully saturated rings. The number of hydrogen-bond acceptors (Lipinski definition) is 4. The number of rotatable bonds is 5. The summed E-state index contributed by atoms with van der Waals surface area (Å²) in [7, 11) is 1.68. The van der Waals surface area contributed by atoms with Crippen molar-refractivity contribution in [3.63, 3.8) is 0 Å². The number of methoxy groups -OCH3 is 1. The van der Waals surface area contributed by atoms with Gasteiger partial charge in [0.15, 0.2) is 0 Å². The largest absolute Gasteiger partial charge is 0.497 e. The second kappa shape index (κ2) is 5.61. The summed E-state index contributed by atoms with van der Waals surface area (Å²) < 4.78 is 10.6. The molecule has 0 saturated carbocycles. The summed E-state index contributed by atoms with van der Waals surface area (Å²) >= 11 is 0. The van der Waals surface area contributed by atoms with E-state index < -0.39 is 0 Å². The minimum absolute atomic E-state index is 0.107. The number of pyridine rings is 1. The fraction of sp³-hybridized carbons (Fsp3) is 0.312. The maximum Gasteiger partial charge on any atom is 0.118 e. The lowest BCUT2D eigenvalue weighted by atomic mass is 9.88. The van der Waals surface area contributed by atoms with E-state index in [1.54, 1.807) is 7.11 Å². The quantitative estimate of drug-likeness (QED) is 0.903. The molecular weight excluding hydrogens is 252 g/mol. The maximum absolute atomic E-state index is 5.42. The first-order valence-corrected chi connectivity index (χ1v) is 6.70. The van der Waals surface area contributed by atoms with E-state index in [1.807, 2.05) is 36.5 Å². The Morgan fingerprint density at radius 1 is 1.20 bits per heavy atom. The third-order valence-corrected chi connectivity index (χ3v) is 3.67. The number of hydrogen-bond donors (Lipinski definition) is 1. The Labute approximate surface area is 118 Å². The van der Waals surface area contributed by atoms with Gasteiger partial charge in [-0.25, -0.2) is 0 Å². The van der Waals surface area contributed by atoms with Gasteiger partial charge in [0.1, 0.15) is 5.75 Å². The van der Waals surface area contributed by atoms with E-state index >= 15 is 0 Å². The second-order valence-electron chi connectivity index (χ2n) is 4.98. The molecule has 4 heteroatoms. The Kier molecular flexibility index (Phi) is 3.67. The summed E-state index contributed by atoms with van der Waals surface area (Å²) in [5.74, 6) is 0.869. The molecule has 0 spiro atoms. The summed E-state index contributed by atoms with van der Waals surface area (Å²) in [5.41, 5.74) is 2.15. The first-order valence-electron chi connectivity index (χ1n) is 6.70. The molecule has 1 N–H and O–H groups in total. The van der Waals surface area contributed by atoms with Crippen molar-refractivity contribution in [1.29, 1.82) is 0 Å². The standard InChI is InChI=1S/C16H18N2O2/c1-19-15-7-5-13(6-8-15)16(11-20-12-16)18-10-14-4-2-3-9-17-14/h2-9,18H,10-12H2,1H3. The molecule has 0 unspecified atom stereocenters. The molecule has 1 aromatic carbocycles. The number of benzene rings is 1. The molecule has 1 aromatic heterocycles. The highest BCUT2D eigenvalue weighted by Crippen LogP contribution is 2.31. The number of nitrogens with one attached hydrogen (secondary N) is 1. The van der Waals surface area contributed by atoms with Crippen molar-refractivity contribution in [1.82, 2.24) is 10.3 Å². The Balaban J connectivity index is 1.73. The monoisotopic (exact) mass is 270 g/mol. The third-order valence-electron chi connectivity index (χ3n) is 3.67. The molecule has 0 amide bonds. The molecule has 1 saturated heterocycles. The normalized spacial score (nSPS) is 16.4. The SMILES string of the molecule is COc1ccc(C2(NCc3ccccn3)COC2)cc1. The van der Waals surface area contributed by atoms with Crippen molar-refractivity contribution in [3.8, 4) is 5.75 Å². The molecule has 1 aliphatic rings. The Morgan fingerprint density at radius 3 is 2.55 bits per heavy atom. The van der Waals surface area contributed by atoms with Crippen molar-refractivity contribution < 1.29 is 9.47 Å². The lowest BCUT2D eigenvalue weighted by molar-refractivity contribution is -0.0797. The van der Waals surface area contributed by atoms with Crippen LogP contribution in [-0.4, -0.2) is 25.3 Å². The van der Waals surface area contributed by atoms with E-state index in [-0.39, 0.29) is 5.54 Å². The molecule has 2 heterocycles. The minimum Gasteiger partial charge on any atom is -0.497 e. The number of ether oxygens (including phenoxy) is 2. The van der Waals surface area contributed by atoms with E-state index in [2.05, 4.69) is 22.4 Å². The molecule has 0 aliphatic carbocycles. The zero-order valence-corrected chi connectivity index (χ0v) is 11.5. The molecular formula is C16H18N2O2. The molecule has 0 atom stereocenters. The molecule has 4 nitrogen and oxygen atoms in total. The van der Waals surface area contributed by atoms with Gasteiger partial charge in [0.25, 0.3) is 0 Å². The Morgan fingerprint density at radius 2 is 2.00 bits per heavy atom. The van der Waals surface area contributed by atoms with E-state index in [9.17, 15) is 0 Å². The summed E-state index contributed by atoms with van der Waals surface area (Å²) in [6, 6.07) is 14.1. The van der Waals surface area contributed by atoms with Crippen molar-refractivity contribution in [2.24, 2.45) is 0 Å². The van der Waals surface area contributed by atoms with Crippen LogP contribution in [0.5, 0.6) is 5.75 Å². The number of nitrogens with zero attached hydrogens (tertiary/aromatic N) is 1. The first-order chi connectivity index (χ1) is 9.82. The predicted octanol–water partition coefficient (Wildman–Crippen LogP) is 2.11. The van der Waals surface area contributed by atoms with Gasteiger partial charge in [-0.2, -0.15) is 0 Å². The molecule has 0 radical (unpaired) electrons.